The Kier molecular flexibility index (Phi) is 3.98. The van der Waals surface area contributed by atoms with Gasteiger partial charge in [-0.2, -0.15) is 0 Å². The van der Waals surface area contributed by atoms with Gasteiger partial charge in [0.1, 0.15) is 17.1 Å². The molecule has 1 aromatic carbocycles. The molecule has 0 aromatic heterocycles. The highest BCUT2D eigenvalue weighted by atomic mass is 16.5. The molecule has 0 aliphatic carbocycles. The summed E-state index contributed by atoms with van der Waals surface area (Å²) in [5, 5.41) is 9.97. The van der Waals surface area contributed by atoms with Gasteiger partial charge in [0.25, 0.3) is 5.91 Å². The Bertz CT molecular complexity index is 462. The Balaban J connectivity index is 2.38. The van der Waals surface area contributed by atoms with E-state index in [9.17, 15) is 9.90 Å². The molecule has 1 amide bonds. The average molecular weight is 263 g/mol. The monoisotopic (exact) mass is 263 g/mol. The molecule has 0 radical (unpaired) electrons. The lowest BCUT2D eigenvalue weighted by atomic mass is 9.96. The van der Waals surface area contributed by atoms with Crippen molar-refractivity contribution in [3.63, 3.8) is 0 Å². The van der Waals surface area contributed by atoms with Crippen LogP contribution in [0.4, 0.5) is 0 Å². The van der Waals surface area contributed by atoms with Crippen LogP contribution < -0.4 is 4.74 Å². The zero-order valence-electron chi connectivity index (χ0n) is 11.7. The first kappa shape index (κ1) is 13.7. The minimum Gasteiger partial charge on any atom is -0.507 e. The number of piperidine rings is 1. The first-order valence-electron chi connectivity index (χ1n) is 6.75. The summed E-state index contributed by atoms with van der Waals surface area (Å²) in [5.41, 5.74) is 0.269. The van der Waals surface area contributed by atoms with E-state index in [1.54, 1.807) is 12.1 Å². The van der Waals surface area contributed by atoms with Crippen molar-refractivity contribution in [2.75, 3.05) is 7.11 Å². The van der Waals surface area contributed by atoms with Gasteiger partial charge >= 0.3 is 0 Å². The molecule has 1 fully saturated rings. The molecule has 2 atom stereocenters. The van der Waals surface area contributed by atoms with Crippen LogP contribution in [0.15, 0.2) is 18.2 Å². The Labute approximate surface area is 114 Å². The molecule has 1 aromatic rings. The highest BCUT2D eigenvalue weighted by Crippen LogP contribution is 2.32. The van der Waals surface area contributed by atoms with Crippen LogP contribution in [0.2, 0.25) is 0 Å². The van der Waals surface area contributed by atoms with Gasteiger partial charge < -0.3 is 14.7 Å². The molecule has 1 N–H and O–H groups in total. The molecular weight excluding hydrogens is 242 g/mol. The Hall–Kier alpha value is -1.71. The largest absolute Gasteiger partial charge is 0.507 e. The summed E-state index contributed by atoms with van der Waals surface area (Å²) in [5.74, 6) is 0.263. The standard InChI is InChI=1S/C15H21NO3/c1-10-6-4-7-11(2)16(10)15(18)14-12(17)8-5-9-13(14)19-3/h5,8-11,17H,4,6-7H2,1-3H3. The number of nitrogens with zero attached hydrogens (tertiary/aromatic N) is 1. The van der Waals surface area contributed by atoms with Crippen LogP contribution in [0.5, 0.6) is 11.5 Å². The van der Waals surface area contributed by atoms with Crippen LogP contribution >= 0.6 is 0 Å². The van der Waals surface area contributed by atoms with E-state index < -0.39 is 0 Å². The lowest BCUT2D eigenvalue weighted by Gasteiger charge is -2.39. The summed E-state index contributed by atoms with van der Waals surface area (Å²) in [6.07, 6.45) is 3.15. The number of rotatable bonds is 2. The van der Waals surface area contributed by atoms with Crippen LogP contribution in [-0.4, -0.2) is 35.1 Å². The molecule has 0 saturated carbocycles. The lowest BCUT2D eigenvalue weighted by Crippen LogP contribution is -2.47. The molecule has 2 unspecified atom stereocenters. The average Bonchev–Trinajstić information content (AvgIpc) is 2.37. The summed E-state index contributed by atoms with van der Waals surface area (Å²) in [6.45, 7) is 4.11. The highest BCUT2D eigenvalue weighted by molar-refractivity contribution is 6.00. The van der Waals surface area contributed by atoms with E-state index in [-0.39, 0.29) is 29.3 Å². The summed E-state index contributed by atoms with van der Waals surface area (Å²) in [7, 11) is 1.51. The van der Waals surface area contributed by atoms with E-state index in [1.807, 2.05) is 4.90 Å². The molecule has 1 aliphatic heterocycles. The van der Waals surface area contributed by atoms with Crippen LogP contribution in [-0.2, 0) is 0 Å². The molecule has 1 aliphatic rings. The van der Waals surface area contributed by atoms with E-state index >= 15 is 0 Å². The van der Waals surface area contributed by atoms with Gasteiger partial charge in [0.05, 0.1) is 7.11 Å². The third-order valence-electron chi connectivity index (χ3n) is 3.87. The number of hydrogen-bond donors (Lipinski definition) is 1. The van der Waals surface area contributed by atoms with Crippen LogP contribution in [0.25, 0.3) is 0 Å². The van der Waals surface area contributed by atoms with Crippen molar-refractivity contribution in [3.05, 3.63) is 23.8 Å². The van der Waals surface area contributed by atoms with E-state index in [0.717, 1.165) is 19.3 Å². The van der Waals surface area contributed by atoms with Crippen molar-refractivity contribution < 1.29 is 14.6 Å². The Morgan fingerprint density at radius 2 is 1.95 bits per heavy atom. The number of benzene rings is 1. The second kappa shape index (κ2) is 5.51. The Morgan fingerprint density at radius 1 is 1.32 bits per heavy atom. The summed E-state index contributed by atoms with van der Waals surface area (Å²) in [4.78, 5) is 14.6. The lowest BCUT2D eigenvalue weighted by molar-refractivity contribution is 0.0504. The molecule has 4 nitrogen and oxygen atoms in total. The minimum atomic E-state index is -0.144. The van der Waals surface area contributed by atoms with E-state index in [4.69, 9.17) is 4.74 Å². The zero-order chi connectivity index (χ0) is 14.0. The number of ether oxygens (including phenoxy) is 1. The quantitative estimate of drug-likeness (QED) is 0.892. The SMILES string of the molecule is COc1cccc(O)c1C(=O)N1C(C)CCCC1C. The van der Waals surface area contributed by atoms with Gasteiger partial charge in [-0.1, -0.05) is 6.07 Å². The van der Waals surface area contributed by atoms with Gasteiger partial charge in [-0.3, -0.25) is 4.79 Å². The van der Waals surface area contributed by atoms with Crippen molar-refractivity contribution in [1.82, 2.24) is 4.90 Å². The number of carbonyl (C=O) groups excluding carboxylic acids is 1. The third-order valence-corrected chi connectivity index (χ3v) is 3.87. The maximum absolute atomic E-state index is 12.7. The fourth-order valence-corrected chi connectivity index (χ4v) is 2.86. The van der Waals surface area contributed by atoms with Crippen molar-refractivity contribution >= 4 is 5.91 Å². The fourth-order valence-electron chi connectivity index (χ4n) is 2.86. The molecule has 19 heavy (non-hydrogen) atoms. The minimum absolute atomic E-state index is 0.0191. The molecule has 2 rings (SSSR count). The van der Waals surface area contributed by atoms with Crippen LogP contribution in [0.1, 0.15) is 43.5 Å². The second-order valence-electron chi connectivity index (χ2n) is 5.20. The Morgan fingerprint density at radius 3 is 2.53 bits per heavy atom. The summed E-state index contributed by atoms with van der Waals surface area (Å²) >= 11 is 0. The van der Waals surface area contributed by atoms with Gasteiger partial charge in [0.2, 0.25) is 0 Å². The summed E-state index contributed by atoms with van der Waals surface area (Å²) in [6, 6.07) is 5.29. The van der Waals surface area contributed by atoms with Gasteiger partial charge in [0, 0.05) is 12.1 Å². The topological polar surface area (TPSA) is 49.8 Å². The smallest absolute Gasteiger partial charge is 0.261 e. The maximum atomic E-state index is 12.7. The van der Waals surface area contributed by atoms with Crippen LogP contribution in [0, 0.1) is 0 Å². The third kappa shape index (κ3) is 2.53. The van der Waals surface area contributed by atoms with Crippen molar-refractivity contribution in [1.29, 1.82) is 0 Å². The molecule has 0 spiro atoms. The second-order valence-corrected chi connectivity index (χ2v) is 5.20. The number of carbonyl (C=O) groups is 1. The predicted molar refractivity (Wildman–Crippen MR) is 73.6 cm³/mol. The number of hydrogen-bond acceptors (Lipinski definition) is 3. The molecule has 1 heterocycles. The summed E-state index contributed by atoms with van der Waals surface area (Å²) < 4.78 is 5.20. The van der Waals surface area contributed by atoms with Crippen molar-refractivity contribution in [2.45, 2.75) is 45.2 Å². The molecule has 4 heteroatoms. The van der Waals surface area contributed by atoms with Crippen LogP contribution in [0.3, 0.4) is 0 Å². The number of amides is 1. The van der Waals surface area contributed by atoms with Gasteiger partial charge in [-0.25, -0.2) is 0 Å². The fraction of sp³-hybridized carbons (Fsp3) is 0.533. The van der Waals surface area contributed by atoms with Gasteiger partial charge in [0.15, 0.2) is 0 Å². The van der Waals surface area contributed by atoms with Gasteiger partial charge in [-0.15, -0.1) is 0 Å². The molecule has 104 valence electrons. The highest BCUT2D eigenvalue weighted by Gasteiger charge is 2.32. The maximum Gasteiger partial charge on any atom is 0.261 e. The number of methoxy groups -OCH3 is 1. The number of likely N-dealkylation sites (tertiary alicyclic amines) is 1. The number of aromatic hydroxyl groups is 1. The van der Waals surface area contributed by atoms with E-state index in [2.05, 4.69) is 13.8 Å². The molecular formula is C15H21NO3. The molecule has 1 saturated heterocycles. The predicted octanol–water partition coefficient (Wildman–Crippen LogP) is 2.80. The number of phenolic OH excluding ortho intramolecular Hbond substituents is 1. The first-order valence-corrected chi connectivity index (χ1v) is 6.75. The van der Waals surface area contributed by atoms with Gasteiger partial charge in [-0.05, 0) is 45.2 Å². The first-order chi connectivity index (χ1) is 9.06. The van der Waals surface area contributed by atoms with Crippen molar-refractivity contribution in [3.8, 4) is 11.5 Å². The molecule has 0 bridgehead atoms. The number of phenols is 1. The zero-order valence-corrected chi connectivity index (χ0v) is 11.7. The van der Waals surface area contributed by atoms with E-state index in [0.29, 0.717) is 5.75 Å². The van der Waals surface area contributed by atoms with Crippen molar-refractivity contribution in [2.24, 2.45) is 0 Å². The normalized spacial score (nSPS) is 23.2. The van der Waals surface area contributed by atoms with E-state index in [1.165, 1.54) is 13.2 Å².